The predicted molar refractivity (Wildman–Crippen MR) is 68.5 cm³/mol. The molecular formula is C14H22N4. The van der Waals surface area contributed by atoms with E-state index in [-0.39, 0.29) is 11.0 Å². The highest BCUT2D eigenvalue weighted by Crippen LogP contribution is 2.64. The summed E-state index contributed by atoms with van der Waals surface area (Å²) >= 11 is 0. The van der Waals surface area contributed by atoms with Gasteiger partial charge in [0.05, 0.1) is 5.54 Å². The van der Waals surface area contributed by atoms with Crippen LogP contribution in [0.2, 0.25) is 0 Å². The Morgan fingerprint density at radius 1 is 1.22 bits per heavy atom. The second-order valence-corrected chi connectivity index (χ2v) is 7.23. The smallest absolute Gasteiger partial charge is 0.144 e. The van der Waals surface area contributed by atoms with Gasteiger partial charge >= 0.3 is 0 Å². The van der Waals surface area contributed by atoms with E-state index in [0.717, 1.165) is 23.6 Å². The molecule has 4 aliphatic rings. The van der Waals surface area contributed by atoms with Gasteiger partial charge in [-0.25, -0.2) is 4.98 Å². The van der Waals surface area contributed by atoms with Crippen molar-refractivity contribution in [2.45, 2.75) is 51.0 Å². The van der Waals surface area contributed by atoms with E-state index in [0.29, 0.717) is 0 Å². The fourth-order valence-electron chi connectivity index (χ4n) is 5.45. The van der Waals surface area contributed by atoms with Crippen LogP contribution < -0.4 is 5.73 Å². The number of H-pyrrole nitrogens is 1. The molecule has 0 aromatic carbocycles. The van der Waals surface area contributed by atoms with E-state index in [4.69, 9.17) is 5.73 Å². The SMILES string of the molecule is CC(N)(c1ncn[nH]1)C12CC3CC(CC(C3)C1)C2. The van der Waals surface area contributed by atoms with Crippen LogP contribution in [0.5, 0.6) is 0 Å². The van der Waals surface area contributed by atoms with Gasteiger partial charge in [0.25, 0.3) is 0 Å². The molecule has 1 aromatic heterocycles. The molecule has 4 nitrogen and oxygen atoms in total. The second kappa shape index (κ2) is 3.35. The summed E-state index contributed by atoms with van der Waals surface area (Å²) in [5.74, 6) is 3.63. The summed E-state index contributed by atoms with van der Waals surface area (Å²) in [4.78, 5) is 4.35. The van der Waals surface area contributed by atoms with Gasteiger partial charge in [0.15, 0.2) is 0 Å². The fourth-order valence-corrected chi connectivity index (χ4v) is 5.45. The van der Waals surface area contributed by atoms with Crippen LogP contribution in [0.4, 0.5) is 0 Å². The van der Waals surface area contributed by atoms with Crippen LogP contribution in [-0.4, -0.2) is 15.2 Å². The van der Waals surface area contributed by atoms with Gasteiger partial charge in [0, 0.05) is 0 Å². The van der Waals surface area contributed by atoms with E-state index in [9.17, 15) is 0 Å². The molecule has 5 rings (SSSR count). The summed E-state index contributed by atoms with van der Waals surface area (Å²) in [5, 5.41) is 7.02. The molecule has 1 heterocycles. The van der Waals surface area contributed by atoms with Gasteiger partial charge in [-0.3, -0.25) is 5.10 Å². The molecule has 1 unspecified atom stereocenters. The van der Waals surface area contributed by atoms with E-state index in [2.05, 4.69) is 22.1 Å². The molecule has 4 bridgehead atoms. The summed E-state index contributed by atoms with van der Waals surface area (Å²) in [6, 6.07) is 0. The van der Waals surface area contributed by atoms with E-state index >= 15 is 0 Å². The molecule has 0 saturated heterocycles. The maximum atomic E-state index is 6.75. The van der Waals surface area contributed by atoms with Gasteiger partial charge in [-0.2, -0.15) is 5.10 Å². The number of nitrogens with one attached hydrogen (secondary N) is 1. The lowest BCUT2D eigenvalue weighted by atomic mass is 9.45. The van der Waals surface area contributed by atoms with Crippen LogP contribution in [0, 0.1) is 23.2 Å². The Morgan fingerprint density at radius 2 is 1.78 bits per heavy atom. The number of rotatable bonds is 2. The summed E-state index contributed by atoms with van der Waals surface area (Å²) in [5.41, 5.74) is 6.67. The second-order valence-electron chi connectivity index (χ2n) is 7.23. The van der Waals surface area contributed by atoms with E-state index < -0.39 is 0 Å². The molecular weight excluding hydrogens is 224 g/mol. The Morgan fingerprint density at radius 3 is 2.22 bits per heavy atom. The largest absolute Gasteiger partial charge is 0.319 e. The van der Waals surface area contributed by atoms with Crippen molar-refractivity contribution in [2.24, 2.45) is 28.9 Å². The van der Waals surface area contributed by atoms with Gasteiger partial charge in [0.1, 0.15) is 12.2 Å². The molecule has 0 spiro atoms. The van der Waals surface area contributed by atoms with Crippen LogP contribution in [-0.2, 0) is 5.54 Å². The zero-order valence-corrected chi connectivity index (χ0v) is 11.0. The average Bonchev–Trinajstić information content (AvgIpc) is 2.80. The number of hydrogen-bond acceptors (Lipinski definition) is 3. The maximum Gasteiger partial charge on any atom is 0.144 e. The molecule has 1 atom stereocenters. The quantitative estimate of drug-likeness (QED) is 0.840. The highest BCUT2D eigenvalue weighted by Gasteiger charge is 2.58. The van der Waals surface area contributed by atoms with Crippen LogP contribution in [0.15, 0.2) is 6.33 Å². The van der Waals surface area contributed by atoms with Crippen molar-refractivity contribution >= 4 is 0 Å². The Balaban J connectivity index is 1.75. The molecule has 18 heavy (non-hydrogen) atoms. The highest BCUT2D eigenvalue weighted by molar-refractivity contribution is 5.16. The Kier molecular flexibility index (Phi) is 2.04. The van der Waals surface area contributed by atoms with Crippen LogP contribution in [0.3, 0.4) is 0 Å². The molecule has 3 N–H and O–H groups in total. The first-order valence-corrected chi connectivity index (χ1v) is 7.24. The molecule has 4 fully saturated rings. The van der Waals surface area contributed by atoms with Crippen molar-refractivity contribution in [3.05, 3.63) is 12.2 Å². The zero-order valence-electron chi connectivity index (χ0n) is 11.0. The number of nitrogens with zero attached hydrogens (tertiary/aromatic N) is 2. The minimum absolute atomic E-state index is 0.265. The number of nitrogens with two attached hydrogens (primary N) is 1. The topological polar surface area (TPSA) is 67.6 Å². The molecule has 98 valence electrons. The lowest BCUT2D eigenvalue weighted by molar-refractivity contribution is -0.0974. The Labute approximate surface area is 108 Å². The van der Waals surface area contributed by atoms with Crippen LogP contribution in [0.25, 0.3) is 0 Å². The first-order valence-electron chi connectivity index (χ1n) is 7.24. The summed E-state index contributed by atoms with van der Waals surface area (Å²) < 4.78 is 0. The third-order valence-electron chi connectivity index (χ3n) is 6.05. The number of aromatic nitrogens is 3. The fraction of sp³-hybridized carbons (Fsp3) is 0.857. The van der Waals surface area contributed by atoms with Crippen molar-refractivity contribution in [1.29, 1.82) is 0 Å². The first-order chi connectivity index (χ1) is 8.59. The zero-order chi connectivity index (χ0) is 12.4. The third kappa shape index (κ3) is 1.30. The molecule has 0 amide bonds. The predicted octanol–water partition coefficient (Wildman–Crippen LogP) is 2.19. The van der Waals surface area contributed by atoms with Gasteiger partial charge < -0.3 is 5.73 Å². The maximum absolute atomic E-state index is 6.75. The van der Waals surface area contributed by atoms with Crippen molar-refractivity contribution in [2.75, 3.05) is 0 Å². The average molecular weight is 246 g/mol. The Hall–Kier alpha value is -0.900. The van der Waals surface area contributed by atoms with Crippen LogP contribution in [0.1, 0.15) is 51.3 Å². The molecule has 0 aliphatic heterocycles. The monoisotopic (exact) mass is 246 g/mol. The van der Waals surface area contributed by atoms with Crippen molar-refractivity contribution in [3.8, 4) is 0 Å². The third-order valence-corrected chi connectivity index (χ3v) is 6.05. The minimum atomic E-state index is -0.348. The molecule has 0 radical (unpaired) electrons. The van der Waals surface area contributed by atoms with E-state index in [1.54, 1.807) is 6.33 Å². The molecule has 4 heteroatoms. The normalized spacial score (nSPS) is 45.1. The van der Waals surface area contributed by atoms with Gasteiger partial charge in [-0.15, -0.1) is 0 Å². The van der Waals surface area contributed by atoms with Crippen LogP contribution >= 0.6 is 0 Å². The Bertz CT molecular complexity index is 413. The van der Waals surface area contributed by atoms with Gasteiger partial charge in [0.2, 0.25) is 0 Å². The molecule has 4 aliphatic carbocycles. The lowest BCUT2D eigenvalue weighted by Crippen LogP contribution is -2.59. The van der Waals surface area contributed by atoms with Crippen molar-refractivity contribution in [3.63, 3.8) is 0 Å². The lowest BCUT2D eigenvalue weighted by Gasteiger charge is -2.61. The highest BCUT2D eigenvalue weighted by atomic mass is 15.2. The van der Waals surface area contributed by atoms with Crippen molar-refractivity contribution < 1.29 is 0 Å². The number of aromatic amines is 1. The van der Waals surface area contributed by atoms with E-state index in [1.165, 1.54) is 38.5 Å². The standard InChI is InChI=1S/C14H22N4/c1-13(15,12-16-8-17-18-12)14-5-9-2-10(6-14)4-11(3-9)7-14/h8-11H,2-7,15H2,1H3,(H,16,17,18). The molecule has 1 aromatic rings. The molecule has 4 saturated carbocycles. The summed E-state index contributed by atoms with van der Waals surface area (Å²) in [7, 11) is 0. The first kappa shape index (κ1) is 11.0. The number of hydrogen-bond donors (Lipinski definition) is 2. The van der Waals surface area contributed by atoms with Crippen molar-refractivity contribution in [1.82, 2.24) is 15.2 Å². The summed E-state index contributed by atoms with van der Waals surface area (Å²) in [6.07, 6.45) is 9.83. The van der Waals surface area contributed by atoms with E-state index in [1.807, 2.05) is 0 Å². The summed E-state index contributed by atoms with van der Waals surface area (Å²) in [6.45, 7) is 2.17. The van der Waals surface area contributed by atoms with Gasteiger partial charge in [-0.05, 0) is 68.6 Å². The minimum Gasteiger partial charge on any atom is -0.319 e. The van der Waals surface area contributed by atoms with Gasteiger partial charge in [-0.1, -0.05) is 0 Å².